The Kier molecular flexibility index (Phi) is 5.46. The average molecular weight is 388 g/mol. The fraction of sp³-hybridized carbons (Fsp3) is 0.474. The maximum atomic E-state index is 13.0. The maximum absolute atomic E-state index is 13.0. The van der Waals surface area contributed by atoms with E-state index in [1.807, 2.05) is 13.8 Å². The lowest BCUT2D eigenvalue weighted by atomic mass is 10.1. The number of rotatable bonds is 6. The Hall–Kier alpha value is -2.48. The molecular formula is C19H25N5O2S. The molecule has 0 radical (unpaired) electrons. The number of nitrogens with zero attached hydrogens (tertiary/aromatic N) is 3. The number of H-pyrrole nitrogens is 1. The van der Waals surface area contributed by atoms with Crippen molar-refractivity contribution in [3.05, 3.63) is 38.9 Å². The van der Waals surface area contributed by atoms with E-state index >= 15 is 0 Å². The van der Waals surface area contributed by atoms with Gasteiger partial charge in [0.05, 0.1) is 10.9 Å². The minimum atomic E-state index is -0.169. The van der Waals surface area contributed by atoms with Crippen LogP contribution < -0.4 is 10.9 Å². The minimum Gasteiger partial charge on any atom is -0.352 e. The van der Waals surface area contributed by atoms with Crippen LogP contribution in [0.4, 0.5) is 0 Å². The Bertz CT molecular complexity index is 1110. The van der Waals surface area contributed by atoms with Crippen molar-refractivity contribution in [2.24, 2.45) is 11.8 Å². The van der Waals surface area contributed by atoms with Crippen LogP contribution in [0.1, 0.15) is 44.5 Å². The zero-order chi connectivity index (χ0) is 19.7. The Morgan fingerprint density at radius 1 is 1.26 bits per heavy atom. The van der Waals surface area contributed by atoms with Crippen molar-refractivity contribution >= 4 is 34.8 Å². The van der Waals surface area contributed by atoms with Gasteiger partial charge >= 0.3 is 0 Å². The predicted molar refractivity (Wildman–Crippen MR) is 109 cm³/mol. The molecule has 0 saturated heterocycles. The Labute approximate surface area is 162 Å². The number of aromatic amines is 1. The first-order chi connectivity index (χ1) is 12.8. The van der Waals surface area contributed by atoms with Crippen molar-refractivity contribution in [1.29, 1.82) is 0 Å². The maximum Gasteiger partial charge on any atom is 0.262 e. The zero-order valence-electron chi connectivity index (χ0n) is 16.1. The fourth-order valence-corrected chi connectivity index (χ4v) is 3.18. The molecule has 0 bridgehead atoms. The summed E-state index contributed by atoms with van der Waals surface area (Å²) in [6, 6.07) is 5.08. The summed E-state index contributed by atoms with van der Waals surface area (Å²) in [7, 11) is 0. The van der Waals surface area contributed by atoms with Gasteiger partial charge in [0.15, 0.2) is 0 Å². The molecule has 0 spiro atoms. The number of carbonyl (C=O) groups excluding carboxylic acids is 1. The second kappa shape index (κ2) is 7.64. The van der Waals surface area contributed by atoms with E-state index in [2.05, 4.69) is 29.4 Å². The van der Waals surface area contributed by atoms with Gasteiger partial charge in [0, 0.05) is 18.7 Å². The molecule has 0 unspecified atom stereocenters. The van der Waals surface area contributed by atoms with Gasteiger partial charge in [-0.05, 0) is 48.7 Å². The highest BCUT2D eigenvalue weighted by molar-refractivity contribution is 7.71. The molecule has 2 aromatic heterocycles. The number of aryl methyl sites for hydroxylation is 1. The second-order valence-electron chi connectivity index (χ2n) is 7.64. The number of hydrogen-bond donors (Lipinski definition) is 2. The lowest BCUT2D eigenvalue weighted by Crippen LogP contribution is -2.28. The van der Waals surface area contributed by atoms with Gasteiger partial charge in [0.25, 0.3) is 11.5 Å². The number of fused-ring (bicyclic) bond motifs is 3. The zero-order valence-corrected chi connectivity index (χ0v) is 16.9. The van der Waals surface area contributed by atoms with Crippen LogP contribution in [0.5, 0.6) is 0 Å². The third kappa shape index (κ3) is 3.80. The summed E-state index contributed by atoms with van der Waals surface area (Å²) in [6.07, 6.45) is 0.858. The number of nitrogens with one attached hydrogen (secondary N) is 2. The Morgan fingerprint density at radius 3 is 2.67 bits per heavy atom. The molecule has 0 aliphatic heterocycles. The van der Waals surface area contributed by atoms with Crippen molar-refractivity contribution in [3.63, 3.8) is 0 Å². The van der Waals surface area contributed by atoms with E-state index in [0.717, 1.165) is 6.42 Å². The first kappa shape index (κ1) is 19.3. The molecule has 1 aromatic carbocycles. The first-order valence-electron chi connectivity index (χ1n) is 9.21. The molecule has 0 aliphatic carbocycles. The summed E-state index contributed by atoms with van der Waals surface area (Å²) in [4.78, 5) is 25.4. The van der Waals surface area contributed by atoms with E-state index in [-0.39, 0.29) is 11.5 Å². The summed E-state index contributed by atoms with van der Waals surface area (Å²) >= 11 is 5.38. The average Bonchev–Trinajstić information content (AvgIpc) is 3.00. The molecule has 0 saturated carbocycles. The van der Waals surface area contributed by atoms with Gasteiger partial charge in [-0.2, -0.15) is 0 Å². The molecule has 2 heterocycles. The lowest BCUT2D eigenvalue weighted by molar-refractivity contribution is 0.0949. The number of benzene rings is 1. The molecule has 2 N–H and O–H groups in total. The van der Waals surface area contributed by atoms with Crippen molar-refractivity contribution in [3.8, 4) is 0 Å². The van der Waals surface area contributed by atoms with E-state index in [4.69, 9.17) is 12.2 Å². The molecule has 3 rings (SSSR count). The third-order valence-electron chi connectivity index (χ3n) is 4.47. The molecule has 0 atom stereocenters. The molecule has 1 amide bonds. The van der Waals surface area contributed by atoms with E-state index in [0.29, 0.717) is 51.9 Å². The van der Waals surface area contributed by atoms with Gasteiger partial charge in [-0.25, -0.2) is 5.10 Å². The van der Waals surface area contributed by atoms with Gasteiger partial charge in [0.1, 0.15) is 0 Å². The highest BCUT2D eigenvalue weighted by Crippen LogP contribution is 2.16. The second-order valence-corrected chi connectivity index (χ2v) is 8.03. The Morgan fingerprint density at radius 2 is 2.00 bits per heavy atom. The van der Waals surface area contributed by atoms with Gasteiger partial charge in [-0.1, -0.05) is 27.7 Å². The first-order valence-corrected chi connectivity index (χ1v) is 9.62. The fourth-order valence-electron chi connectivity index (χ4n) is 2.95. The highest BCUT2D eigenvalue weighted by Gasteiger charge is 2.16. The SMILES string of the molecule is CC(C)CCn1c(=O)c2ccc(C(=O)NCC(C)C)cc2n2c(=S)[nH]nc12. The summed E-state index contributed by atoms with van der Waals surface area (Å²) in [5.41, 5.74) is 0.958. The van der Waals surface area contributed by atoms with Gasteiger partial charge in [0.2, 0.25) is 10.5 Å². The monoisotopic (exact) mass is 387 g/mol. The topological polar surface area (TPSA) is 84.2 Å². The van der Waals surface area contributed by atoms with Gasteiger partial charge in [-0.3, -0.25) is 18.6 Å². The summed E-state index contributed by atoms with van der Waals surface area (Å²) < 4.78 is 3.77. The van der Waals surface area contributed by atoms with Crippen LogP contribution in [0.2, 0.25) is 0 Å². The quantitative estimate of drug-likeness (QED) is 0.637. The smallest absolute Gasteiger partial charge is 0.262 e. The largest absolute Gasteiger partial charge is 0.352 e. The summed E-state index contributed by atoms with van der Waals surface area (Å²) in [5.74, 6) is 1.12. The molecule has 144 valence electrons. The third-order valence-corrected chi connectivity index (χ3v) is 4.75. The number of aromatic nitrogens is 4. The van der Waals surface area contributed by atoms with Crippen molar-refractivity contribution in [1.82, 2.24) is 24.5 Å². The normalized spacial score (nSPS) is 11.8. The van der Waals surface area contributed by atoms with Crippen LogP contribution in [-0.4, -0.2) is 31.6 Å². The molecular weight excluding hydrogens is 362 g/mol. The van der Waals surface area contributed by atoms with Crippen molar-refractivity contribution in [2.75, 3.05) is 6.54 Å². The van der Waals surface area contributed by atoms with Crippen LogP contribution in [0.3, 0.4) is 0 Å². The van der Waals surface area contributed by atoms with Gasteiger partial charge in [-0.15, -0.1) is 5.10 Å². The molecule has 0 fully saturated rings. The van der Waals surface area contributed by atoms with Crippen LogP contribution >= 0.6 is 12.2 Å². The number of amides is 1. The summed E-state index contributed by atoms with van der Waals surface area (Å²) in [6.45, 7) is 9.45. The van der Waals surface area contributed by atoms with Crippen molar-refractivity contribution in [2.45, 2.75) is 40.7 Å². The highest BCUT2D eigenvalue weighted by atomic mass is 32.1. The minimum absolute atomic E-state index is 0.124. The number of hydrogen-bond acceptors (Lipinski definition) is 4. The molecule has 8 heteroatoms. The molecule has 3 aromatic rings. The predicted octanol–water partition coefficient (Wildman–Crippen LogP) is 3.14. The Balaban J connectivity index is 2.17. The van der Waals surface area contributed by atoms with E-state index < -0.39 is 0 Å². The molecule has 7 nitrogen and oxygen atoms in total. The summed E-state index contributed by atoms with van der Waals surface area (Å²) in [5, 5.41) is 10.4. The standard InChI is InChI=1S/C19H25N5O2S/c1-11(2)7-8-23-17(26)14-6-5-13(16(25)20-10-12(3)4)9-15(14)24-18(23)21-22-19(24)27/h5-6,9,11-12H,7-8,10H2,1-4H3,(H,20,25)(H,22,27). The lowest BCUT2D eigenvalue weighted by Gasteiger charge is -2.12. The van der Waals surface area contributed by atoms with E-state index in [9.17, 15) is 9.59 Å². The van der Waals surface area contributed by atoms with Crippen LogP contribution in [0.25, 0.3) is 16.7 Å². The number of carbonyl (C=O) groups is 1. The van der Waals surface area contributed by atoms with Gasteiger partial charge < -0.3 is 5.32 Å². The van der Waals surface area contributed by atoms with Crippen LogP contribution in [-0.2, 0) is 6.54 Å². The van der Waals surface area contributed by atoms with Crippen LogP contribution in [0.15, 0.2) is 23.0 Å². The molecule has 27 heavy (non-hydrogen) atoms. The molecule has 0 aliphatic rings. The van der Waals surface area contributed by atoms with E-state index in [1.54, 1.807) is 27.2 Å². The van der Waals surface area contributed by atoms with E-state index in [1.165, 1.54) is 0 Å². The van der Waals surface area contributed by atoms with Crippen LogP contribution in [0, 0.1) is 16.6 Å². The van der Waals surface area contributed by atoms with Crippen molar-refractivity contribution < 1.29 is 4.79 Å².